The van der Waals surface area contributed by atoms with Gasteiger partial charge in [-0.2, -0.15) is 0 Å². The highest BCUT2D eigenvalue weighted by atomic mass is 32.2. The number of nitrogens with one attached hydrogen (secondary N) is 1. The minimum Gasteiger partial charge on any atom is -0.326 e. The van der Waals surface area contributed by atoms with Crippen LogP contribution < -0.4 is 10.9 Å². The Balaban J connectivity index is 1.69. The first kappa shape index (κ1) is 16.8. The van der Waals surface area contributed by atoms with E-state index in [0.717, 1.165) is 5.69 Å². The second kappa shape index (κ2) is 6.81. The monoisotopic (exact) mass is 343 g/mol. The van der Waals surface area contributed by atoms with Crippen molar-refractivity contribution in [3.8, 4) is 0 Å². The van der Waals surface area contributed by atoms with E-state index in [2.05, 4.69) is 24.1 Å². The molecule has 126 valence electrons. The first-order valence-electron chi connectivity index (χ1n) is 8.06. The minimum atomic E-state index is -0.139. The first-order valence-corrected chi connectivity index (χ1v) is 9.05. The normalized spacial score (nSPS) is 16.2. The molecular formula is C18H21N3O2S. The van der Waals surface area contributed by atoms with E-state index in [4.69, 9.17) is 0 Å². The second-order valence-electron chi connectivity index (χ2n) is 6.39. The van der Waals surface area contributed by atoms with Gasteiger partial charge >= 0.3 is 0 Å². The summed E-state index contributed by atoms with van der Waals surface area (Å²) in [5.74, 6) is 1.08. The summed E-state index contributed by atoms with van der Waals surface area (Å²) in [6.07, 6.45) is 1.87. The molecule has 3 rings (SSSR count). The molecule has 0 saturated carbocycles. The van der Waals surface area contributed by atoms with E-state index in [-0.39, 0.29) is 23.9 Å². The Bertz CT molecular complexity index is 812. The average Bonchev–Trinajstić information content (AvgIpc) is 2.95. The van der Waals surface area contributed by atoms with Crippen molar-refractivity contribution in [2.45, 2.75) is 44.3 Å². The molecule has 1 aromatic heterocycles. The number of hydrogen-bond acceptors (Lipinski definition) is 4. The van der Waals surface area contributed by atoms with Crippen LogP contribution in [0, 0.1) is 6.92 Å². The SMILES string of the molecule is Cc1cnc2n(c1=O)[C@H](CC(=O)Nc1ccc(C(C)C)cc1)CS2. The molecule has 1 aliphatic heterocycles. The Labute approximate surface area is 145 Å². The highest BCUT2D eigenvalue weighted by Gasteiger charge is 2.27. The number of hydrogen-bond donors (Lipinski definition) is 1. The van der Waals surface area contributed by atoms with E-state index < -0.39 is 0 Å². The van der Waals surface area contributed by atoms with Crippen LogP contribution in [0.1, 0.15) is 43.4 Å². The summed E-state index contributed by atoms with van der Waals surface area (Å²) in [6, 6.07) is 7.75. The molecule has 0 aliphatic carbocycles. The number of amides is 1. The van der Waals surface area contributed by atoms with Crippen LogP contribution in [0.5, 0.6) is 0 Å². The minimum absolute atomic E-state index is 0.0518. The van der Waals surface area contributed by atoms with Gasteiger partial charge in [0, 0.05) is 29.6 Å². The lowest BCUT2D eigenvalue weighted by Gasteiger charge is -2.14. The average molecular weight is 343 g/mol. The third-order valence-electron chi connectivity index (χ3n) is 4.18. The zero-order valence-electron chi connectivity index (χ0n) is 14.1. The largest absolute Gasteiger partial charge is 0.326 e. The van der Waals surface area contributed by atoms with Gasteiger partial charge in [-0.15, -0.1) is 0 Å². The summed E-state index contributed by atoms with van der Waals surface area (Å²) in [6.45, 7) is 6.02. The van der Waals surface area contributed by atoms with Crippen LogP contribution in [0.15, 0.2) is 40.4 Å². The highest BCUT2D eigenvalue weighted by molar-refractivity contribution is 7.99. The Kier molecular flexibility index (Phi) is 4.76. The molecule has 1 aliphatic rings. The van der Waals surface area contributed by atoms with E-state index in [0.29, 0.717) is 22.4 Å². The molecule has 0 unspecified atom stereocenters. The molecular weight excluding hydrogens is 322 g/mol. The van der Waals surface area contributed by atoms with Gasteiger partial charge in [0.2, 0.25) is 5.91 Å². The van der Waals surface area contributed by atoms with Gasteiger partial charge in [-0.1, -0.05) is 37.7 Å². The van der Waals surface area contributed by atoms with E-state index in [9.17, 15) is 9.59 Å². The molecule has 0 spiro atoms. The molecule has 0 fully saturated rings. The molecule has 1 N–H and O–H groups in total. The number of aryl methyl sites for hydroxylation is 1. The highest BCUT2D eigenvalue weighted by Crippen LogP contribution is 2.32. The molecule has 24 heavy (non-hydrogen) atoms. The zero-order valence-corrected chi connectivity index (χ0v) is 14.9. The fraction of sp³-hybridized carbons (Fsp3) is 0.389. The molecule has 0 saturated heterocycles. The number of carbonyl (C=O) groups is 1. The fourth-order valence-corrected chi connectivity index (χ4v) is 3.85. The molecule has 6 heteroatoms. The lowest BCUT2D eigenvalue weighted by Crippen LogP contribution is -2.28. The number of aromatic nitrogens is 2. The van der Waals surface area contributed by atoms with E-state index >= 15 is 0 Å². The molecule has 2 aromatic rings. The van der Waals surface area contributed by atoms with Gasteiger partial charge in [-0.3, -0.25) is 14.2 Å². The summed E-state index contributed by atoms with van der Waals surface area (Å²) in [5, 5.41) is 3.61. The van der Waals surface area contributed by atoms with Gasteiger partial charge in [0.1, 0.15) is 0 Å². The Morgan fingerprint density at radius 3 is 2.75 bits per heavy atom. The Morgan fingerprint density at radius 2 is 2.08 bits per heavy atom. The molecule has 5 nitrogen and oxygen atoms in total. The number of nitrogens with zero attached hydrogens (tertiary/aromatic N) is 2. The van der Waals surface area contributed by atoms with Crippen LogP contribution in [-0.2, 0) is 4.79 Å². The topological polar surface area (TPSA) is 64.0 Å². The summed E-state index contributed by atoms with van der Waals surface area (Å²) in [5.41, 5.74) is 2.58. The van der Waals surface area contributed by atoms with Crippen molar-refractivity contribution in [2.24, 2.45) is 0 Å². The molecule has 0 bridgehead atoms. The van der Waals surface area contributed by atoms with Crippen molar-refractivity contribution in [3.63, 3.8) is 0 Å². The van der Waals surface area contributed by atoms with Crippen LogP contribution in [0.25, 0.3) is 0 Å². The quantitative estimate of drug-likeness (QED) is 0.865. The van der Waals surface area contributed by atoms with E-state index in [1.54, 1.807) is 17.7 Å². The smallest absolute Gasteiger partial charge is 0.257 e. The standard InChI is InChI=1S/C18H21N3O2S/c1-11(2)13-4-6-14(7-5-13)20-16(22)8-15-10-24-18-19-9-12(3)17(23)21(15)18/h4-7,9,11,15H,8,10H2,1-3H3,(H,20,22)/t15-/m1/s1. The van der Waals surface area contributed by atoms with E-state index in [1.165, 1.54) is 17.3 Å². The van der Waals surface area contributed by atoms with Crippen molar-refractivity contribution in [1.82, 2.24) is 9.55 Å². The second-order valence-corrected chi connectivity index (χ2v) is 7.38. The van der Waals surface area contributed by atoms with Crippen molar-refractivity contribution in [2.75, 3.05) is 11.1 Å². The van der Waals surface area contributed by atoms with Gasteiger partial charge in [0.05, 0.1) is 6.04 Å². The Morgan fingerprint density at radius 1 is 1.38 bits per heavy atom. The first-order chi connectivity index (χ1) is 11.5. The number of anilines is 1. The molecule has 0 radical (unpaired) electrons. The van der Waals surface area contributed by atoms with Gasteiger partial charge in [0.15, 0.2) is 5.16 Å². The van der Waals surface area contributed by atoms with Crippen molar-refractivity contribution < 1.29 is 4.79 Å². The summed E-state index contributed by atoms with van der Waals surface area (Å²) < 4.78 is 1.65. The van der Waals surface area contributed by atoms with Gasteiger partial charge < -0.3 is 5.32 Å². The summed E-state index contributed by atoms with van der Waals surface area (Å²) in [4.78, 5) is 28.9. The van der Waals surface area contributed by atoms with E-state index in [1.807, 2.05) is 24.3 Å². The molecule has 1 aromatic carbocycles. The zero-order chi connectivity index (χ0) is 17.3. The molecule has 1 amide bonds. The van der Waals surface area contributed by atoms with Crippen LogP contribution >= 0.6 is 11.8 Å². The lowest BCUT2D eigenvalue weighted by molar-refractivity contribution is -0.116. The molecule has 2 heterocycles. The third kappa shape index (κ3) is 3.38. The number of carbonyl (C=O) groups excluding carboxylic acids is 1. The van der Waals surface area contributed by atoms with Crippen LogP contribution in [0.4, 0.5) is 5.69 Å². The summed E-state index contributed by atoms with van der Waals surface area (Å²) in [7, 11) is 0. The van der Waals surface area contributed by atoms with Crippen molar-refractivity contribution >= 4 is 23.4 Å². The number of thioether (sulfide) groups is 1. The maximum absolute atomic E-state index is 12.3. The van der Waals surface area contributed by atoms with Crippen LogP contribution in [0.3, 0.4) is 0 Å². The predicted molar refractivity (Wildman–Crippen MR) is 96.8 cm³/mol. The fourth-order valence-electron chi connectivity index (χ4n) is 2.75. The predicted octanol–water partition coefficient (Wildman–Crippen LogP) is 3.35. The van der Waals surface area contributed by atoms with Crippen molar-refractivity contribution in [1.29, 1.82) is 0 Å². The van der Waals surface area contributed by atoms with Gasteiger partial charge in [-0.05, 0) is 30.5 Å². The lowest BCUT2D eigenvalue weighted by atomic mass is 10.0. The third-order valence-corrected chi connectivity index (χ3v) is 5.29. The molecule has 1 atom stereocenters. The summed E-state index contributed by atoms with van der Waals surface area (Å²) >= 11 is 1.52. The van der Waals surface area contributed by atoms with Crippen molar-refractivity contribution in [3.05, 3.63) is 51.9 Å². The van der Waals surface area contributed by atoms with Crippen LogP contribution in [-0.4, -0.2) is 21.2 Å². The number of rotatable bonds is 4. The Hall–Kier alpha value is -2.08. The van der Waals surface area contributed by atoms with Crippen LogP contribution in [0.2, 0.25) is 0 Å². The number of benzene rings is 1. The maximum Gasteiger partial charge on any atom is 0.257 e. The maximum atomic E-state index is 12.3. The number of fused-ring (bicyclic) bond motifs is 1. The van der Waals surface area contributed by atoms with Gasteiger partial charge in [-0.25, -0.2) is 4.98 Å². The van der Waals surface area contributed by atoms with Gasteiger partial charge in [0.25, 0.3) is 5.56 Å².